The van der Waals surface area contributed by atoms with Crippen LogP contribution >= 0.6 is 11.6 Å². The van der Waals surface area contributed by atoms with E-state index in [0.717, 1.165) is 11.6 Å². The van der Waals surface area contributed by atoms with Crippen LogP contribution in [0.25, 0.3) is 0 Å². The zero-order chi connectivity index (χ0) is 11.8. The smallest absolute Gasteiger partial charge is 0.0410 e. The number of rotatable bonds is 0. The van der Waals surface area contributed by atoms with Crippen LogP contribution in [-0.4, -0.2) is 6.54 Å². The monoisotopic (exact) mass is 235 g/mol. The van der Waals surface area contributed by atoms with Gasteiger partial charge in [0, 0.05) is 22.7 Å². The Bertz CT molecular complexity index is 460. The SMILES string of the molecule is CC1(C)C(C)(C)C12CNc1ccc(Cl)cc12. The number of nitrogens with one attached hydrogen (secondary N) is 1. The third-order valence-electron chi connectivity index (χ3n) is 5.62. The summed E-state index contributed by atoms with van der Waals surface area (Å²) in [5.41, 5.74) is 3.62. The van der Waals surface area contributed by atoms with Crippen LogP contribution in [0, 0.1) is 10.8 Å². The number of hydrogen-bond donors (Lipinski definition) is 1. The summed E-state index contributed by atoms with van der Waals surface area (Å²) < 4.78 is 0. The average Bonchev–Trinajstić information content (AvgIpc) is 2.52. The molecule has 0 unspecified atom stereocenters. The minimum Gasteiger partial charge on any atom is -0.384 e. The fourth-order valence-corrected chi connectivity index (χ4v) is 4.06. The van der Waals surface area contributed by atoms with Crippen molar-refractivity contribution in [2.45, 2.75) is 33.1 Å². The Kier molecular flexibility index (Phi) is 1.69. The molecule has 1 saturated carbocycles. The molecule has 16 heavy (non-hydrogen) atoms. The molecule has 1 fully saturated rings. The van der Waals surface area contributed by atoms with Gasteiger partial charge in [0.25, 0.3) is 0 Å². The van der Waals surface area contributed by atoms with Crippen molar-refractivity contribution in [3.05, 3.63) is 28.8 Å². The van der Waals surface area contributed by atoms with Crippen molar-refractivity contribution in [3.63, 3.8) is 0 Å². The second kappa shape index (κ2) is 2.59. The Morgan fingerprint density at radius 2 is 1.75 bits per heavy atom. The molecule has 3 rings (SSSR count). The lowest BCUT2D eigenvalue weighted by molar-refractivity contribution is 0.457. The minimum absolute atomic E-state index is 0.264. The predicted molar refractivity (Wildman–Crippen MR) is 69.2 cm³/mol. The number of benzene rings is 1. The summed E-state index contributed by atoms with van der Waals surface area (Å²) in [6.07, 6.45) is 0. The quantitative estimate of drug-likeness (QED) is 0.715. The molecule has 2 aliphatic rings. The molecular weight excluding hydrogens is 218 g/mol. The van der Waals surface area contributed by atoms with Crippen LogP contribution in [0.4, 0.5) is 5.69 Å². The zero-order valence-corrected chi connectivity index (χ0v) is 11.1. The van der Waals surface area contributed by atoms with Crippen molar-refractivity contribution >= 4 is 17.3 Å². The van der Waals surface area contributed by atoms with E-state index in [-0.39, 0.29) is 5.41 Å². The molecule has 1 aromatic carbocycles. The third kappa shape index (κ3) is 0.830. The molecule has 1 nitrogen and oxygen atoms in total. The molecule has 0 aromatic heterocycles. The molecule has 0 atom stereocenters. The Balaban J connectivity index is 2.22. The van der Waals surface area contributed by atoms with E-state index in [1.54, 1.807) is 0 Å². The highest BCUT2D eigenvalue weighted by Gasteiger charge is 2.78. The van der Waals surface area contributed by atoms with Crippen LogP contribution in [0.1, 0.15) is 33.3 Å². The van der Waals surface area contributed by atoms with Gasteiger partial charge in [0.1, 0.15) is 0 Å². The minimum atomic E-state index is 0.264. The molecule has 1 spiro atoms. The highest BCUT2D eigenvalue weighted by atomic mass is 35.5. The van der Waals surface area contributed by atoms with Crippen LogP contribution < -0.4 is 5.32 Å². The van der Waals surface area contributed by atoms with Gasteiger partial charge in [0.15, 0.2) is 0 Å². The molecule has 1 aliphatic heterocycles. The van der Waals surface area contributed by atoms with Crippen molar-refractivity contribution in [1.82, 2.24) is 0 Å². The summed E-state index contributed by atoms with van der Waals surface area (Å²) in [6.45, 7) is 10.5. The Hall–Kier alpha value is -0.690. The lowest BCUT2D eigenvalue weighted by Gasteiger charge is -2.14. The van der Waals surface area contributed by atoms with Crippen molar-refractivity contribution in [3.8, 4) is 0 Å². The normalized spacial score (nSPS) is 26.3. The molecule has 0 bridgehead atoms. The van der Waals surface area contributed by atoms with Crippen LogP contribution in [-0.2, 0) is 5.41 Å². The van der Waals surface area contributed by atoms with E-state index < -0.39 is 0 Å². The number of halogens is 1. The van der Waals surface area contributed by atoms with E-state index >= 15 is 0 Å². The topological polar surface area (TPSA) is 12.0 Å². The van der Waals surface area contributed by atoms with Crippen molar-refractivity contribution in [2.75, 3.05) is 11.9 Å². The maximum Gasteiger partial charge on any atom is 0.0410 e. The van der Waals surface area contributed by atoms with E-state index in [1.165, 1.54) is 11.3 Å². The van der Waals surface area contributed by atoms with Crippen LogP contribution in [0.15, 0.2) is 18.2 Å². The number of anilines is 1. The Morgan fingerprint density at radius 1 is 1.12 bits per heavy atom. The lowest BCUT2D eigenvalue weighted by Crippen LogP contribution is -2.18. The standard InChI is InChI=1S/C14H18ClN/c1-12(2)13(3,4)14(12)8-16-11-6-5-9(15)7-10(11)14/h5-7,16H,8H2,1-4H3. The predicted octanol–water partition coefficient (Wildman–Crippen LogP) is 4.07. The second-order valence-electron chi connectivity index (χ2n) is 6.20. The van der Waals surface area contributed by atoms with Crippen LogP contribution in [0.5, 0.6) is 0 Å². The van der Waals surface area contributed by atoms with Gasteiger partial charge in [-0.3, -0.25) is 0 Å². The van der Waals surface area contributed by atoms with Crippen molar-refractivity contribution < 1.29 is 0 Å². The molecule has 2 heteroatoms. The maximum atomic E-state index is 6.14. The summed E-state index contributed by atoms with van der Waals surface area (Å²) in [5, 5.41) is 4.38. The van der Waals surface area contributed by atoms with Gasteiger partial charge in [-0.1, -0.05) is 39.3 Å². The highest BCUT2D eigenvalue weighted by Crippen LogP contribution is 2.80. The summed E-state index contributed by atoms with van der Waals surface area (Å²) in [4.78, 5) is 0. The molecular formula is C14H18ClN. The van der Waals surface area contributed by atoms with Gasteiger partial charge in [0.05, 0.1) is 0 Å². The number of fused-ring (bicyclic) bond motifs is 2. The first-order valence-electron chi connectivity index (χ1n) is 5.88. The molecule has 1 N–H and O–H groups in total. The van der Waals surface area contributed by atoms with Gasteiger partial charge in [-0.05, 0) is 34.6 Å². The van der Waals surface area contributed by atoms with Crippen LogP contribution in [0.3, 0.4) is 0 Å². The van der Waals surface area contributed by atoms with Gasteiger partial charge in [-0.25, -0.2) is 0 Å². The highest BCUT2D eigenvalue weighted by molar-refractivity contribution is 6.30. The first-order valence-corrected chi connectivity index (χ1v) is 6.26. The molecule has 1 heterocycles. The summed E-state index contributed by atoms with van der Waals surface area (Å²) in [7, 11) is 0. The van der Waals surface area contributed by atoms with Gasteiger partial charge in [0.2, 0.25) is 0 Å². The lowest BCUT2D eigenvalue weighted by atomic mass is 9.88. The molecule has 0 amide bonds. The average molecular weight is 236 g/mol. The third-order valence-corrected chi connectivity index (χ3v) is 5.85. The fourth-order valence-electron chi connectivity index (χ4n) is 3.89. The molecule has 0 radical (unpaired) electrons. The first kappa shape index (κ1) is 10.5. The van der Waals surface area contributed by atoms with E-state index in [1.807, 2.05) is 6.07 Å². The van der Waals surface area contributed by atoms with Crippen molar-refractivity contribution in [1.29, 1.82) is 0 Å². The van der Waals surface area contributed by atoms with Crippen molar-refractivity contribution in [2.24, 2.45) is 10.8 Å². The molecule has 1 aromatic rings. The fraction of sp³-hybridized carbons (Fsp3) is 0.571. The van der Waals surface area contributed by atoms with Crippen LogP contribution in [0.2, 0.25) is 5.02 Å². The summed E-state index contributed by atoms with van der Waals surface area (Å²) >= 11 is 6.14. The Morgan fingerprint density at radius 3 is 2.31 bits per heavy atom. The molecule has 86 valence electrons. The second-order valence-corrected chi connectivity index (χ2v) is 6.64. The molecule has 1 aliphatic carbocycles. The maximum absolute atomic E-state index is 6.14. The van der Waals surface area contributed by atoms with E-state index in [0.29, 0.717) is 10.8 Å². The van der Waals surface area contributed by atoms with Gasteiger partial charge >= 0.3 is 0 Å². The van der Waals surface area contributed by atoms with E-state index in [9.17, 15) is 0 Å². The number of hydrogen-bond acceptors (Lipinski definition) is 1. The molecule has 0 saturated heterocycles. The first-order chi connectivity index (χ1) is 7.34. The van der Waals surface area contributed by atoms with Gasteiger partial charge in [-0.15, -0.1) is 0 Å². The van der Waals surface area contributed by atoms with E-state index in [2.05, 4.69) is 45.1 Å². The largest absolute Gasteiger partial charge is 0.384 e. The summed E-state index contributed by atoms with van der Waals surface area (Å²) in [5.74, 6) is 0. The van der Waals surface area contributed by atoms with Gasteiger partial charge in [-0.2, -0.15) is 0 Å². The zero-order valence-electron chi connectivity index (χ0n) is 10.3. The Labute approximate surface area is 102 Å². The van der Waals surface area contributed by atoms with Gasteiger partial charge < -0.3 is 5.32 Å². The van der Waals surface area contributed by atoms with E-state index in [4.69, 9.17) is 11.6 Å². The summed E-state index contributed by atoms with van der Waals surface area (Å²) in [6, 6.07) is 6.22.